The molecule has 85 heavy (non-hydrogen) atoms. The predicted molar refractivity (Wildman–Crippen MR) is 344 cm³/mol. The van der Waals surface area contributed by atoms with Crippen molar-refractivity contribution in [3.05, 3.63) is 219 Å². The third-order valence-electron chi connectivity index (χ3n) is 13.2. The van der Waals surface area contributed by atoms with Crippen LogP contribution in [0, 0.1) is 6.92 Å². The number of hydrogen-bond acceptors (Lipinski definition) is 11. The van der Waals surface area contributed by atoms with Gasteiger partial charge in [0.15, 0.2) is 0 Å². The van der Waals surface area contributed by atoms with Crippen LogP contribution in [0.3, 0.4) is 0 Å². The van der Waals surface area contributed by atoms with Crippen molar-refractivity contribution in [1.29, 1.82) is 0 Å². The molecular weight excluding hydrogens is 1220 g/mol. The van der Waals surface area contributed by atoms with Gasteiger partial charge in [0.1, 0.15) is 34.4 Å². The molecule has 0 saturated carbocycles. The molecule has 2 aromatic heterocycles. The minimum Gasteiger partial charge on any atom is -0.494 e. The van der Waals surface area contributed by atoms with Crippen LogP contribution in [0.5, 0.6) is 23.0 Å². The SMILES string of the molecule is CCOc1ccc(-c2c(-c3ccc(OC(C)C)cc3)c[nH]c2C(=O)OC)cc1.CCOc1ccc(-c2c(-c3ccc(OC(C)C)cc3)cn(CCc3ccccc3Br)c2C(=O)OC)cc1.Cc1ccc(S(=O)(=O)OCCc2ccccc2Br)cc1. The summed E-state index contributed by atoms with van der Waals surface area (Å²) >= 11 is 7.07. The van der Waals surface area contributed by atoms with Crippen molar-refractivity contribution in [2.75, 3.05) is 34.0 Å². The van der Waals surface area contributed by atoms with E-state index in [-0.39, 0.29) is 29.7 Å². The fourth-order valence-corrected chi connectivity index (χ4v) is 11.1. The highest BCUT2D eigenvalue weighted by molar-refractivity contribution is 9.10. The number of rotatable bonds is 22. The summed E-state index contributed by atoms with van der Waals surface area (Å²) < 4.78 is 66.0. The van der Waals surface area contributed by atoms with Crippen molar-refractivity contribution >= 4 is 53.9 Å². The number of aryl methyl sites for hydroxylation is 3. The number of nitrogens with zero attached hydrogens (tertiary/aromatic N) is 1. The topological polar surface area (TPSA) is 154 Å². The van der Waals surface area contributed by atoms with Crippen molar-refractivity contribution in [3.63, 3.8) is 0 Å². The quantitative estimate of drug-likeness (QED) is 0.0509. The van der Waals surface area contributed by atoms with Gasteiger partial charge in [-0.1, -0.05) is 134 Å². The molecule has 0 aliphatic rings. The Bertz CT molecular complexity index is 3710. The Kier molecular flexibility index (Phi) is 23.8. The number of aromatic nitrogens is 2. The lowest BCUT2D eigenvalue weighted by Gasteiger charge is -2.12. The molecule has 2 heterocycles. The maximum atomic E-state index is 13.2. The van der Waals surface area contributed by atoms with Gasteiger partial charge in [0.05, 0.1) is 51.1 Å². The average Bonchev–Trinajstić information content (AvgIpc) is 2.02. The number of halogens is 2. The number of aromatic amines is 1. The van der Waals surface area contributed by atoms with Crippen molar-refractivity contribution < 1.29 is 50.6 Å². The Morgan fingerprint density at radius 1 is 0.541 bits per heavy atom. The molecule has 9 aromatic rings. The molecule has 444 valence electrons. The number of hydrogen-bond donors (Lipinski definition) is 1. The zero-order valence-electron chi connectivity index (χ0n) is 49.3. The molecular formula is C69H72Br2N2O11S. The highest BCUT2D eigenvalue weighted by atomic mass is 79.9. The number of H-pyrrole nitrogens is 1. The second kappa shape index (κ2) is 31.3. The molecule has 0 amide bonds. The standard InChI is InChI=1S/C31H32BrNO4.C23H25NO4.C15H15BrO3S/c1-5-36-25-14-12-24(13-15-25)29-27(22-10-16-26(17-11-22)37-21(2)3)20-33(30(29)31(34)35-4)19-18-23-8-6-7-9-28(23)32;1-5-27-18-10-8-17(9-11-18)21-20(14-24-22(21)23(25)26-4)16-6-12-19(13-7-16)28-15(2)3;1-12-6-8-14(9-7-12)20(17,18)19-11-10-13-4-2-3-5-15(13)16/h6-17,20-21H,5,18-19H2,1-4H3;6-15,24H,5H2,1-4H3;2-9H,10-11H2,1H3. The van der Waals surface area contributed by atoms with Gasteiger partial charge in [0, 0.05) is 50.1 Å². The molecule has 1 N–H and O–H groups in total. The van der Waals surface area contributed by atoms with Crippen LogP contribution in [0.2, 0.25) is 0 Å². The number of carbonyl (C=O) groups excluding carboxylic acids is 2. The van der Waals surface area contributed by atoms with E-state index in [2.05, 4.69) is 42.9 Å². The Morgan fingerprint density at radius 2 is 0.988 bits per heavy atom. The summed E-state index contributed by atoms with van der Waals surface area (Å²) in [6.45, 7) is 15.7. The van der Waals surface area contributed by atoms with Crippen LogP contribution in [-0.2, 0) is 43.2 Å². The van der Waals surface area contributed by atoms with Gasteiger partial charge in [-0.05, 0) is 167 Å². The number of benzene rings is 7. The maximum absolute atomic E-state index is 13.2. The summed E-state index contributed by atoms with van der Waals surface area (Å²) in [6, 6.07) is 53.8. The first-order chi connectivity index (χ1) is 40.9. The molecule has 0 unspecified atom stereocenters. The van der Waals surface area contributed by atoms with Gasteiger partial charge in [0.2, 0.25) is 0 Å². The predicted octanol–water partition coefficient (Wildman–Crippen LogP) is 16.8. The van der Waals surface area contributed by atoms with Crippen LogP contribution in [0.25, 0.3) is 44.5 Å². The lowest BCUT2D eigenvalue weighted by Crippen LogP contribution is -2.12. The first-order valence-electron chi connectivity index (χ1n) is 28.0. The number of ether oxygens (including phenoxy) is 6. The van der Waals surface area contributed by atoms with Gasteiger partial charge in [-0.2, -0.15) is 8.42 Å². The first-order valence-corrected chi connectivity index (χ1v) is 31.0. The van der Waals surface area contributed by atoms with E-state index in [1.165, 1.54) is 19.8 Å². The van der Waals surface area contributed by atoms with E-state index in [4.69, 9.17) is 32.6 Å². The minimum atomic E-state index is -3.68. The average molecular weight is 1300 g/mol. The molecule has 16 heteroatoms. The molecule has 0 bridgehead atoms. The van der Waals surface area contributed by atoms with E-state index in [0.717, 1.165) is 94.0 Å². The zero-order chi connectivity index (χ0) is 61.0. The van der Waals surface area contributed by atoms with Gasteiger partial charge in [-0.3, -0.25) is 4.18 Å². The lowest BCUT2D eigenvalue weighted by molar-refractivity contribution is 0.0583. The van der Waals surface area contributed by atoms with E-state index in [1.54, 1.807) is 24.3 Å². The lowest BCUT2D eigenvalue weighted by atomic mass is 9.96. The van der Waals surface area contributed by atoms with E-state index >= 15 is 0 Å². The van der Waals surface area contributed by atoms with Crippen LogP contribution in [-0.4, -0.2) is 76.2 Å². The molecule has 0 atom stereocenters. The fourth-order valence-electron chi connectivity index (χ4n) is 9.19. The van der Waals surface area contributed by atoms with Gasteiger partial charge in [-0.25, -0.2) is 9.59 Å². The van der Waals surface area contributed by atoms with Crippen molar-refractivity contribution in [2.45, 2.75) is 85.0 Å². The van der Waals surface area contributed by atoms with Crippen molar-refractivity contribution in [1.82, 2.24) is 9.55 Å². The normalized spacial score (nSPS) is 11.0. The summed E-state index contributed by atoms with van der Waals surface area (Å²) in [4.78, 5) is 28.8. The molecule has 0 aliphatic carbocycles. The Hall–Kier alpha value is -7.89. The molecule has 13 nitrogen and oxygen atoms in total. The second-order valence-corrected chi connectivity index (χ2v) is 23.3. The highest BCUT2D eigenvalue weighted by Crippen LogP contribution is 2.40. The fraction of sp³-hybridized carbons (Fsp3) is 0.246. The summed E-state index contributed by atoms with van der Waals surface area (Å²) in [5.74, 6) is 2.42. The molecule has 0 fully saturated rings. The van der Waals surface area contributed by atoms with E-state index in [1.807, 2.05) is 205 Å². The van der Waals surface area contributed by atoms with Crippen LogP contribution in [0.15, 0.2) is 196 Å². The molecule has 0 saturated heterocycles. The summed E-state index contributed by atoms with van der Waals surface area (Å²) in [6.07, 6.45) is 5.37. The third-order valence-corrected chi connectivity index (χ3v) is 16.0. The van der Waals surface area contributed by atoms with Gasteiger partial charge in [-0.15, -0.1) is 0 Å². The van der Waals surface area contributed by atoms with Crippen LogP contribution < -0.4 is 18.9 Å². The number of esters is 2. The van der Waals surface area contributed by atoms with Crippen LogP contribution in [0.1, 0.15) is 79.2 Å². The highest BCUT2D eigenvalue weighted by Gasteiger charge is 2.26. The van der Waals surface area contributed by atoms with Crippen molar-refractivity contribution in [2.24, 2.45) is 0 Å². The monoisotopic (exact) mass is 1290 g/mol. The number of nitrogens with one attached hydrogen (secondary N) is 1. The Labute approximate surface area is 516 Å². The first kappa shape index (κ1) is 64.7. The van der Waals surface area contributed by atoms with E-state index in [0.29, 0.717) is 37.6 Å². The van der Waals surface area contributed by atoms with Crippen molar-refractivity contribution in [3.8, 4) is 67.5 Å². The summed E-state index contributed by atoms with van der Waals surface area (Å²) in [5.41, 5.74) is 11.4. The second-order valence-electron chi connectivity index (χ2n) is 20.0. The smallest absolute Gasteiger partial charge is 0.355 e. The molecule has 7 aromatic carbocycles. The minimum absolute atomic E-state index is 0.0922. The summed E-state index contributed by atoms with van der Waals surface area (Å²) in [5, 5.41) is 0. The Balaban J connectivity index is 0.000000191. The van der Waals surface area contributed by atoms with E-state index in [9.17, 15) is 18.0 Å². The molecule has 0 radical (unpaired) electrons. The van der Waals surface area contributed by atoms with Crippen LogP contribution in [0.4, 0.5) is 0 Å². The van der Waals surface area contributed by atoms with Gasteiger partial charge < -0.3 is 38.0 Å². The summed E-state index contributed by atoms with van der Waals surface area (Å²) in [7, 11) is -0.874. The van der Waals surface area contributed by atoms with E-state index < -0.39 is 16.1 Å². The van der Waals surface area contributed by atoms with Crippen LogP contribution >= 0.6 is 31.9 Å². The zero-order valence-corrected chi connectivity index (χ0v) is 53.3. The molecule has 0 aliphatic heterocycles. The largest absolute Gasteiger partial charge is 0.494 e. The maximum Gasteiger partial charge on any atom is 0.355 e. The third kappa shape index (κ3) is 17.8. The van der Waals surface area contributed by atoms with Gasteiger partial charge >= 0.3 is 11.9 Å². The molecule has 9 rings (SSSR count). The number of carbonyl (C=O) groups is 2. The number of methoxy groups -OCH3 is 2. The Morgan fingerprint density at radius 3 is 1.46 bits per heavy atom. The van der Waals surface area contributed by atoms with Gasteiger partial charge in [0.25, 0.3) is 10.1 Å². The molecule has 0 spiro atoms.